The summed E-state index contributed by atoms with van der Waals surface area (Å²) in [5, 5.41) is 0. The maximum atomic E-state index is 5.70. The molecule has 34 heavy (non-hydrogen) atoms. The monoisotopic (exact) mass is 514 g/mol. The molecule has 0 saturated carbocycles. The molecule has 0 bridgehead atoms. The Balaban J connectivity index is 1.32. The molecule has 0 N–H and O–H groups in total. The third-order valence-corrected chi connectivity index (χ3v) is 10.5. The molecule has 6 heteroatoms. The number of thiophene rings is 4. The van der Waals surface area contributed by atoms with Crippen LogP contribution in [0.3, 0.4) is 0 Å². The lowest BCUT2D eigenvalue weighted by atomic mass is 10.2. The van der Waals surface area contributed by atoms with Crippen LogP contribution < -0.4 is 9.47 Å². The van der Waals surface area contributed by atoms with E-state index in [0.29, 0.717) is 0 Å². The lowest BCUT2D eigenvalue weighted by molar-refractivity contribution is 0.418. The first-order valence-electron chi connectivity index (χ1n) is 10.6. The Morgan fingerprint density at radius 3 is 1.38 bits per heavy atom. The molecule has 2 nitrogen and oxygen atoms in total. The zero-order valence-electron chi connectivity index (χ0n) is 18.4. The van der Waals surface area contributed by atoms with Crippen LogP contribution in [0.1, 0.15) is 9.75 Å². The molecular weight excluding hydrogens is 497 g/mol. The van der Waals surface area contributed by atoms with Crippen LogP contribution in [0.5, 0.6) is 11.5 Å². The predicted octanol–water partition coefficient (Wildman–Crippen LogP) is 9.17. The zero-order valence-corrected chi connectivity index (χ0v) is 21.6. The van der Waals surface area contributed by atoms with Crippen molar-refractivity contribution < 1.29 is 9.47 Å². The molecule has 6 rings (SSSR count). The summed E-state index contributed by atoms with van der Waals surface area (Å²) in [5.74, 6) is 1.82. The lowest BCUT2D eigenvalue weighted by Gasteiger charge is -1.99. The van der Waals surface area contributed by atoms with Crippen molar-refractivity contribution in [2.45, 2.75) is 0 Å². The minimum absolute atomic E-state index is 0.912. The number of methoxy groups -OCH3 is 2. The number of ether oxygens (including phenoxy) is 2. The van der Waals surface area contributed by atoms with Gasteiger partial charge in [-0.3, -0.25) is 0 Å². The van der Waals surface area contributed by atoms with Crippen molar-refractivity contribution in [3.63, 3.8) is 0 Å². The highest BCUT2D eigenvalue weighted by atomic mass is 32.1. The van der Waals surface area contributed by atoms with Crippen LogP contribution in [0.25, 0.3) is 40.4 Å². The van der Waals surface area contributed by atoms with Crippen LogP contribution >= 0.6 is 45.3 Å². The lowest BCUT2D eigenvalue weighted by Crippen LogP contribution is -1.80. The van der Waals surface area contributed by atoms with Gasteiger partial charge in [0.1, 0.15) is 11.5 Å². The second-order valence-corrected chi connectivity index (χ2v) is 11.8. The van der Waals surface area contributed by atoms with E-state index in [-0.39, 0.29) is 0 Å². The van der Waals surface area contributed by atoms with Crippen LogP contribution in [0, 0.1) is 0 Å². The molecule has 0 amide bonds. The first-order valence-corrected chi connectivity index (χ1v) is 13.8. The van der Waals surface area contributed by atoms with Crippen molar-refractivity contribution in [3.05, 3.63) is 94.1 Å². The highest BCUT2D eigenvalue weighted by Crippen LogP contribution is 2.49. The van der Waals surface area contributed by atoms with Gasteiger partial charge in [-0.25, -0.2) is 0 Å². The first-order chi connectivity index (χ1) is 16.7. The fourth-order valence-corrected chi connectivity index (χ4v) is 8.37. The molecule has 166 valence electrons. The molecule has 4 aromatic rings. The van der Waals surface area contributed by atoms with Crippen molar-refractivity contribution in [1.82, 2.24) is 0 Å². The Bertz CT molecular complexity index is 1480. The van der Waals surface area contributed by atoms with Gasteiger partial charge in [0.2, 0.25) is 0 Å². The van der Waals surface area contributed by atoms with Gasteiger partial charge in [0.05, 0.1) is 24.0 Å². The Hall–Kier alpha value is -3.08. The zero-order chi connectivity index (χ0) is 23.1. The van der Waals surface area contributed by atoms with E-state index in [0.717, 1.165) is 32.4 Å². The van der Waals surface area contributed by atoms with Crippen molar-refractivity contribution >= 4 is 56.5 Å². The van der Waals surface area contributed by atoms with Gasteiger partial charge < -0.3 is 9.47 Å². The molecule has 2 aliphatic carbocycles. The van der Waals surface area contributed by atoms with Crippen LogP contribution in [0.2, 0.25) is 0 Å². The number of allylic oxidation sites excluding steroid dienone is 6. The van der Waals surface area contributed by atoms with Gasteiger partial charge in [-0.05, 0) is 48.6 Å². The Morgan fingerprint density at radius 2 is 1.00 bits per heavy atom. The highest BCUT2D eigenvalue weighted by molar-refractivity contribution is 7.29. The van der Waals surface area contributed by atoms with Gasteiger partial charge in [0, 0.05) is 52.5 Å². The van der Waals surface area contributed by atoms with Gasteiger partial charge in [0.15, 0.2) is 0 Å². The van der Waals surface area contributed by atoms with E-state index < -0.39 is 0 Å². The normalized spacial score (nSPS) is 13.7. The molecule has 0 spiro atoms. The average Bonchev–Trinajstić information content (AvgIpc) is 3.69. The largest absolute Gasteiger partial charge is 0.495 e. The van der Waals surface area contributed by atoms with Crippen molar-refractivity contribution in [3.8, 4) is 40.8 Å². The van der Waals surface area contributed by atoms with E-state index in [9.17, 15) is 0 Å². The quantitative estimate of drug-likeness (QED) is 0.229. The highest BCUT2D eigenvalue weighted by Gasteiger charge is 2.19. The van der Waals surface area contributed by atoms with E-state index in [2.05, 4.69) is 60.0 Å². The van der Waals surface area contributed by atoms with Crippen LogP contribution in [0.15, 0.2) is 84.3 Å². The van der Waals surface area contributed by atoms with E-state index in [4.69, 9.17) is 9.47 Å². The Kier molecular flexibility index (Phi) is 5.64. The summed E-state index contributed by atoms with van der Waals surface area (Å²) in [5.41, 5.74) is 8.79. The summed E-state index contributed by atoms with van der Waals surface area (Å²) in [7, 11) is 3.47. The van der Waals surface area contributed by atoms with E-state index in [1.807, 2.05) is 24.3 Å². The summed E-state index contributed by atoms with van der Waals surface area (Å²) < 4.78 is 11.4. The Labute approximate surface area is 214 Å². The molecule has 0 fully saturated rings. The van der Waals surface area contributed by atoms with Gasteiger partial charge >= 0.3 is 0 Å². The SMILES string of the molecule is COc1cc(C2=C=CC=C2)sc1-c1ccc(-c2ccc(-c3sc(C4=C=CC=C4)cc3OC)s2)s1. The van der Waals surface area contributed by atoms with E-state index in [1.54, 1.807) is 59.6 Å². The van der Waals surface area contributed by atoms with Gasteiger partial charge in [-0.2, -0.15) is 0 Å². The summed E-state index contributed by atoms with van der Waals surface area (Å²) in [6.07, 6.45) is 12.1. The maximum Gasteiger partial charge on any atom is 0.138 e. The molecule has 0 aliphatic heterocycles. The van der Waals surface area contributed by atoms with Crippen LogP contribution in [-0.2, 0) is 0 Å². The van der Waals surface area contributed by atoms with Crippen LogP contribution in [0.4, 0.5) is 0 Å². The second-order valence-electron chi connectivity index (χ2n) is 7.51. The molecule has 0 saturated heterocycles. The first kappa shape index (κ1) is 21.5. The molecule has 4 aromatic heterocycles. The number of hydrogen-bond donors (Lipinski definition) is 0. The molecule has 2 aliphatic rings. The fourth-order valence-electron chi connectivity index (χ4n) is 3.81. The molecule has 4 heterocycles. The van der Waals surface area contributed by atoms with Crippen LogP contribution in [-0.4, -0.2) is 14.2 Å². The molecule has 0 aromatic carbocycles. The van der Waals surface area contributed by atoms with Gasteiger partial charge in [-0.1, -0.05) is 12.2 Å². The predicted molar refractivity (Wildman–Crippen MR) is 149 cm³/mol. The fraction of sp³-hybridized carbons (Fsp3) is 0.0714. The summed E-state index contributed by atoms with van der Waals surface area (Å²) in [6, 6.07) is 13.0. The standard InChI is InChI=1S/C28H18O2S4/c1-29-19-15-25(17-7-3-4-8-17)33-27(19)23-13-11-21(31-23)22-12-14-24(32-22)28-20(30-2)16-26(34-28)18-9-5-6-10-18/h3-7,9,11-16H,1-2H3. The van der Waals surface area contributed by atoms with E-state index in [1.165, 1.54) is 29.3 Å². The third-order valence-electron chi connectivity index (χ3n) is 5.47. The molecule has 0 radical (unpaired) electrons. The van der Waals surface area contributed by atoms with Crippen molar-refractivity contribution in [2.75, 3.05) is 14.2 Å². The topological polar surface area (TPSA) is 18.5 Å². The Morgan fingerprint density at radius 1 is 0.559 bits per heavy atom. The smallest absolute Gasteiger partial charge is 0.138 e. The molecule has 0 unspecified atom stereocenters. The maximum absolute atomic E-state index is 5.70. The number of hydrogen-bond acceptors (Lipinski definition) is 6. The minimum atomic E-state index is 0.912. The van der Waals surface area contributed by atoms with Gasteiger partial charge in [-0.15, -0.1) is 56.8 Å². The van der Waals surface area contributed by atoms with E-state index >= 15 is 0 Å². The summed E-state index contributed by atoms with van der Waals surface area (Å²) >= 11 is 7.10. The molecular formula is C28H18O2S4. The number of rotatable bonds is 7. The van der Waals surface area contributed by atoms with Crippen molar-refractivity contribution in [2.24, 2.45) is 0 Å². The summed E-state index contributed by atoms with van der Waals surface area (Å²) in [4.78, 5) is 9.61. The van der Waals surface area contributed by atoms with Crippen molar-refractivity contribution in [1.29, 1.82) is 0 Å². The second kappa shape index (κ2) is 8.94. The molecule has 0 atom stereocenters. The van der Waals surface area contributed by atoms with Gasteiger partial charge in [0.25, 0.3) is 0 Å². The summed E-state index contributed by atoms with van der Waals surface area (Å²) in [6.45, 7) is 0. The third kappa shape index (κ3) is 3.81. The minimum Gasteiger partial charge on any atom is -0.495 e. The average molecular weight is 515 g/mol.